The van der Waals surface area contributed by atoms with Gasteiger partial charge in [-0.3, -0.25) is 0 Å². The lowest BCUT2D eigenvalue weighted by Crippen LogP contribution is -2.18. The van der Waals surface area contributed by atoms with Gasteiger partial charge in [-0.25, -0.2) is 8.42 Å². The van der Waals surface area contributed by atoms with E-state index in [0.717, 1.165) is 5.56 Å². The third-order valence-corrected chi connectivity index (χ3v) is 3.90. The van der Waals surface area contributed by atoms with Crippen molar-refractivity contribution in [2.45, 2.75) is 24.2 Å². The molecule has 3 nitrogen and oxygen atoms in total. The van der Waals surface area contributed by atoms with E-state index in [1.807, 2.05) is 13.8 Å². The maximum absolute atomic E-state index is 11.1. The van der Waals surface area contributed by atoms with Crippen LogP contribution in [0.4, 0.5) is 0 Å². The largest absolute Gasteiger partial charge is 0.492 e. The second kappa shape index (κ2) is 3.12. The first-order valence-electron chi connectivity index (χ1n) is 4.53. The number of hydrogen-bond acceptors (Lipinski definition) is 3. The van der Waals surface area contributed by atoms with Gasteiger partial charge in [0.1, 0.15) is 5.75 Å². The van der Waals surface area contributed by atoms with Gasteiger partial charge < -0.3 is 4.74 Å². The highest BCUT2D eigenvalue weighted by Gasteiger charge is 2.32. The maximum atomic E-state index is 11.1. The standard InChI is InChI=1S/C10H11ClO3S/c1-10(2)6-14-9-5-7(15(11,12)13)3-4-8(9)10/h3-5H,6H2,1-2H3. The number of ether oxygens (including phenoxy) is 1. The summed E-state index contributed by atoms with van der Waals surface area (Å²) in [5.74, 6) is 0.613. The van der Waals surface area contributed by atoms with Crippen LogP contribution < -0.4 is 4.74 Å². The van der Waals surface area contributed by atoms with Crippen LogP contribution >= 0.6 is 10.7 Å². The molecule has 0 saturated carbocycles. The lowest BCUT2D eigenvalue weighted by molar-refractivity contribution is 0.290. The minimum atomic E-state index is -3.67. The molecule has 1 heterocycles. The molecule has 0 aromatic heterocycles. The van der Waals surface area contributed by atoms with Gasteiger partial charge in [-0.05, 0) is 6.07 Å². The first-order chi connectivity index (χ1) is 6.81. The fourth-order valence-electron chi connectivity index (χ4n) is 1.67. The van der Waals surface area contributed by atoms with Crippen LogP contribution in [0.15, 0.2) is 23.1 Å². The molecule has 0 atom stereocenters. The van der Waals surface area contributed by atoms with Gasteiger partial charge in [0.2, 0.25) is 0 Å². The summed E-state index contributed by atoms with van der Waals surface area (Å²) in [4.78, 5) is 0.0839. The minimum absolute atomic E-state index is 0.0655. The van der Waals surface area contributed by atoms with Crippen molar-refractivity contribution in [1.82, 2.24) is 0 Å². The van der Waals surface area contributed by atoms with E-state index in [1.165, 1.54) is 12.1 Å². The Morgan fingerprint density at radius 3 is 2.67 bits per heavy atom. The van der Waals surface area contributed by atoms with Gasteiger partial charge in [-0.2, -0.15) is 0 Å². The molecule has 0 radical (unpaired) electrons. The van der Waals surface area contributed by atoms with Gasteiger partial charge in [0.25, 0.3) is 9.05 Å². The summed E-state index contributed by atoms with van der Waals surface area (Å²) in [6.45, 7) is 4.66. The van der Waals surface area contributed by atoms with Gasteiger partial charge in [-0.15, -0.1) is 0 Å². The van der Waals surface area contributed by atoms with E-state index in [1.54, 1.807) is 6.07 Å². The van der Waals surface area contributed by atoms with Gasteiger partial charge in [0.15, 0.2) is 0 Å². The molecule has 0 unspecified atom stereocenters. The SMILES string of the molecule is CC1(C)COc2cc(S(=O)(=O)Cl)ccc21. The van der Waals surface area contributed by atoms with Crippen LogP contribution in [0.3, 0.4) is 0 Å². The fourth-order valence-corrected chi connectivity index (χ4v) is 2.44. The van der Waals surface area contributed by atoms with Crippen molar-refractivity contribution < 1.29 is 13.2 Å². The molecule has 0 aliphatic carbocycles. The Labute approximate surface area is 93.4 Å². The van der Waals surface area contributed by atoms with Gasteiger partial charge >= 0.3 is 0 Å². The van der Waals surface area contributed by atoms with Crippen LogP contribution in [-0.4, -0.2) is 15.0 Å². The number of fused-ring (bicyclic) bond motifs is 1. The van der Waals surface area contributed by atoms with Crippen LogP contribution in [0.2, 0.25) is 0 Å². The Hall–Kier alpha value is -0.740. The average molecular weight is 247 g/mol. The van der Waals surface area contributed by atoms with E-state index >= 15 is 0 Å². The summed E-state index contributed by atoms with van der Waals surface area (Å²) in [6.07, 6.45) is 0. The predicted octanol–water partition coefficient (Wildman–Crippen LogP) is 2.28. The zero-order valence-corrected chi connectivity index (χ0v) is 10.0. The third kappa shape index (κ3) is 1.84. The Bertz CT molecular complexity index is 505. The summed E-state index contributed by atoms with van der Waals surface area (Å²) in [6, 6.07) is 4.75. The zero-order chi connectivity index (χ0) is 11.3. The number of benzene rings is 1. The number of hydrogen-bond donors (Lipinski definition) is 0. The predicted molar refractivity (Wildman–Crippen MR) is 58.0 cm³/mol. The second-order valence-electron chi connectivity index (χ2n) is 4.27. The van der Waals surface area contributed by atoms with E-state index in [0.29, 0.717) is 12.4 Å². The van der Waals surface area contributed by atoms with Gasteiger partial charge in [-0.1, -0.05) is 19.9 Å². The van der Waals surface area contributed by atoms with E-state index in [4.69, 9.17) is 15.4 Å². The molecule has 5 heteroatoms. The van der Waals surface area contributed by atoms with E-state index < -0.39 is 9.05 Å². The number of rotatable bonds is 1. The molecule has 0 bridgehead atoms. The lowest BCUT2D eigenvalue weighted by atomic mass is 9.87. The molecule has 0 amide bonds. The van der Waals surface area contributed by atoms with Crippen molar-refractivity contribution in [2.24, 2.45) is 0 Å². The fraction of sp³-hybridized carbons (Fsp3) is 0.400. The summed E-state index contributed by atoms with van der Waals surface area (Å²) in [7, 11) is 1.58. The van der Waals surface area contributed by atoms with Crippen LogP contribution in [0, 0.1) is 0 Å². The minimum Gasteiger partial charge on any atom is -0.492 e. The quantitative estimate of drug-likeness (QED) is 0.714. The molecule has 82 valence electrons. The van der Waals surface area contributed by atoms with E-state index in [-0.39, 0.29) is 10.3 Å². The molecule has 1 aliphatic rings. The molecule has 0 N–H and O–H groups in total. The van der Waals surface area contributed by atoms with Crippen LogP contribution in [0.25, 0.3) is 0 Å². The first-order valence-corrected chi connectivity index (χ1v) is 6.84. The Morgan fingerprint density at radius 2 is 2.07 bits per heavy atom. The Balaban J connectivity index is 2.56. The van der Waals surface area contributed by atoms with Gasteiger partial charge in [0, 0.05) is 27.7 Å². The summed E-state index contributed by atoms with van der Waals surface area (Å²) in [5, 5.41) is 0. The molecule has 0 spiro atoms. The molecule has 1 aromatic rings. The van der Waals surface area contributed by atoms with Crippen molar-refractivity contribution >= 4 is 19.7 Å². The van der Waals surface area contributed by atoms with E-state index in [2.05, 4.69) is 0 Å². The molecule has 2 rings (SSSR count). The lowest BCUT2D eigenvalue weighted by Gasteiger charge is -2.14. The molecule has 1 aromatic carbocycles. The van der Waals surface area contributed by atoms with Crippen molar-refractivity contribution in [3.8, 4) is 5.75 Å². The molecular weight excluding hydrogens is 236 g/mol. The number of halogens is 1. The van der Waals surface area contributed by atoms with Crippen LogP contribution in [-0.2, 0) is 14.5 Å². The summed E-state index contributed by atoms with van der Waals surface area (Å²) >= 11 is 0. The highest BCUT2D eigenvalue weighted by Crippen LogP contribution is 2.39. The zero-order valence-electron chi connectivity index (χ0n) is 8.45. The molecular formula is C10H11ClO3S. The Morgan fingerprint density at radius 1 is 1.40 bits per heavy atom. The summed E-state index contributed by atoms with van der Waals surface area (Å²) < 4.78 is 27.6. The summed E-state index contributed by atoms with van der Waals surface area (Å²) in [5.41, 5.74) is 0.954. The van der Waals surface area contributed by atoms with Crippen molar-refractivity contribution in [2.75, 3.05) is 6.61 Å². The smallest absolute Gasteiger partial charge is 0.261 e. The van der Waals surface area contributed by atoms with E-state index in [9.17, 15) is 8.42 Å². The highest BCUT2D eigenvalue weighted by molar-refractivity contribution is 8.13. The normalized spacial score (nSPS) is 18.3. The molecule has 0 fully saturated rings. The van der Waals surface area contributed by atoms with Crippen LogP contribution in [0.5, 0.6) is 5.75 Å². The second-order valence-corrected chi connectivity index (χ2v) is 6.83. The average Bonchev–Trinajstić information content (AvgIpc) is 2.41. The van der Waals surface area contributed by atoms with Crippen molar-refractivity contribution in [3.05, 3.63) is 23.8 Å². The monoisotopic (exact) mass is 246 g/mol. The van der Waals surface area contributed by atoms with Crippen LogP contribution in [0.1, 0.15) is 19.4 Å². The van der Waals surface area contributed by atoms with Crippen molar-refractivity contribution in [1.29, 1.82) is 0 Å². The molecule has 1 aliphatic heterocycles. The maximum Gasteiger partial charge on any atom is 0.261 e. The van der Waals surface area contributed by atoms with Crippen molar-refractivity contribution in [3.63, 3.8) is 0 Å². The van der Waals surface area contributed by atoms with Gasteiger partial charge in [0.05, 0.1) is 11.5 Å². The highest BCUT2D eigenvalue weighted by atomic mass is 35.7. The molecule has 15 heavy (non-hydrogen) atoms. The Kier molecular flexibility index (Phi) is 2.24. The topological polar surface area (TPSA) is 43.4 Å². The first kappa shape index (κ1) is 10.8. The third-order valence-electron chi connectivity index (χ3n) is 2.55. The molecule has 0 saturated heterocycles.